The van der Waals surface area contributed by atoms with Crippen molar-refractivity contribution in [3.8, 4) is 11.5 Å². The Kier molecular flexibility index (Phi) is 3.60. The predicted molar refractivity (Wildman–Crippen MR) is 45.5 cm³/mol. The fraction of sp³-hybridized carbons (Fsp3) is 0.375. The highest BCUT2D eigenvalue weighted by molar-refractivity contribution is 5.47. The molecule has 0 spiro atoms. The van der Waals surface area contributed by atoms with Gasteiger partial charge in [-0.2, -0.15) is 13.2 Å². The van der Waals surface area contributed by atoms with Crippen LogP contribution in [0.5, 0.6) is 11.5 Å². The van der Waals surface area contributed by atoms with Gasteiger partial charge in [0.25, 0.3) is 0 Å². The number of aromatic nitrogens is 1. The van der Waals surface area contributed by atoms with Crippen molar-refractivity contribution < 1.29 is 36.2 Å². The third-order valence-electron chi connectivity index (χ3n) is 1.80. The third kappa shape index (κ3) is 3.15. The highest BCUT2D eigenvalue weighted by Gasteiger charge is 2.40. The predicted octanol–water partition coefficient (Wildman–Crippen LogP) is 2.16. The minimum Gasteiger partial charge on any atom is -0.503 e. The summed E-state index contributed by atoms with van der Waals surface area (Å²) >= 11 is 0. The second-order valence-electron chi connectivity index (χ2n) is 3.05. The summed E-state index contributed by atoms with van der Waals surface area (Å²) in [5.74, 6) is -2.58. The van der Waals surface area contributed by atoms with Crippen LogP contribution in [-0.2, 0) is 12.7 Å². The molecule has 0 fully saturated rings. The van der Waals surface area contributed by atoms with Crippen LogP contribution in [0.2, 0.25) is 0 Å². The van der Waals surface area contributed by atoms with Gasteiger partial charge >= 0.3 is 12.5 Å². The highest BCUT2D eigenvalue weighted by Crippen LogP contribution is 2.40. The van der Waals surface area contributed by atoms with E-state index in [1.165, 1.54) is 0 Å². The van der Waals surface area contributed by atoms with E-state index in [0.717, 1.165) is 0 Å². The molecule has 4 nitrogen and oxygen atoms in total. The number of nitrogens with zero attached hydrogens (tertiary/aromatic N) is 1. The van der Waals surface area contributed by atoms with Crippen LogP contribution in [0.15, 0.2) is 6.20 Å². The molecule has 0 amide bonds. The SMILES string of the molecule is NCc1c(C(F)(F)F)ncc(O)c1OC(F)(F)F. The Balaban J connectivity index is 3.40. The molecular formula is C8H6F6N2O2. The molecule has 0 unspecified atom stereocenters. The van der Waals surface area contributed by atoms with E-state index in [0.29, 0.717) is 0 Å². The number of pyridine rings is 1. The van der Waals surface area contributed by atoms with Crippen molar-refractivity contribution in [1.29, 1.82) is 0 Å². The second-order valence-corrected chi connectivity index (χ2v) is 3.05. The molecule has 0 aliphatic rings. The monoisotopic (exact) mass is 276 g/mol. The maximum Gasteiger partial charge on any atom is 0.573 e. The summed E-state index contributed by atoms with van der Waals surface area (Å²) in [6.07, 6.45) is -10.1. The van der Waals surface area contributed by atoms with E-state index >= 15 is 0 Å². The Hall–Kier alpha value is -1.71. The fourth-order valence-electron chi connectivity index (χ4n) is 1.19. The van der Waals surface area contributed by atoms with Gasteiger partial charge in [0.15, 0.2) is 17.2 Å². The molecule has 0 aliphatic heterocycles. The maximum atomic E-state index is 12.4. The van der Waals surface area contributed by atoms with Gasteiger partial charge in [-0.25, -0.2) is 4.98 Å². The van der Waals surface area contributed by atoms with Crippen molar-refractivity contribution in [1.82, 2.24) is 4.98 Å². The summed E-state index contributed by atoms with van der Waals surface area (Å²) < 4.78 is 76.6. The molecule has 0 aromatic carbocycles. The molecule has 1 heterocycles. The zero-order valence-corrected chi connectivity index (χ0v) is 8.43. The van der Waals surface area contributed by atoms with Crippen molar-refractivity contribution in [2.45, 2.75) is 19.1 Å². The third-order valence-corrected chi connectivity index (χ3v) is 1.80. The molecule has 102 valence electrons. The number of aromatic hydroxyl groups is 1. The first-order chi connectivity index (χ1) is 8.06. The summed E-state index contributed by atoms with van der Waals surface area (Å²) in [4.78, 5) is 2.81. The van der Waals surface area contributed by atoms with Crippen LogP contribution in [0.4, 0.5) is 26.3 Å². The average Bonchev–Trinajstić information content (AvgIpc) is 2.17. The molecule has 0 bridgehead atoms. The molecule has 0 aliphatic carbocycles. The summed E-state index contributed by atoms with van der Waals surface area (Å²) in [6, 6.07) is 0. The lowest BCUT2D eigenvalue weighted by molar-refractivity contribution is -0.275. The number of nitrogens with two attached hydrogens (primary N) is 1. The second kappa shape index (κ2) is 4.52. The lowest BCUT2D eigenvalue weighted by Crippen LogP contribution is -2.22. The molecule has 0 saturated carbocycles. The largest absolute Gasteiger partial charge is 0.573 e. The van der Waals surface area contributed by atoms with Gasteiger partial charge in [-0.15, -0.1) is 13.2 Å². The van der Waals surface area contributed by atoms with Gasteiger partial charge in [-0.05, 0) is 0 Å². The van der Waals surface area contributed by atoms with Gasteiger partial charge in [-0.3, -0.25) is 0 Å². The van der Waals surface area contributed by atoms with Crippen molar-refractivity contribution in [2.75, 3.05) is 0 Å². The van der Waals surface area contributed by atoms with Crippen LogP contribution < -0.4 is 10.5 Å². The molecule has 10 heteroatoms. The van der Waals surface area contributed by atoms with Gasteiger partial charge in [-0.1, -0.05) is 0 Å². The van der Waals surface area contributed by atoms with Crippen LogP contribution in [0.3, 0.4) is 0 Å². The first-order valence-electron chi connectivity index (χ1n) is 4.30. The minimum atomic E-state index is -5.26. The van der Waals surface area contributed by atoms with Crippen molar-refractivity contribution >= 4 is 0 Å². The van der Waals surface area contributed by atoms with E-state index in [9.17, 15) is 26.3 Å². The molecule has 1 aromatic heterocycles. The molecule has 18 heavy (non-hydrogen) atoms. The van der Waals surface area contributed by atoms with Crippen molar-refractivity contribution in [2.24, 2.45) is 5.73 Å². The number of hydrogen-bond acceptors (Lipinski definition) is 4. The van der Waals surface area contributed by atoms with E-state index in [4.69, 9.17) is 10.8 Å². The maximum absolute atomic E-state index is 12.4. The molecular weight excluding hydrogens is 270 g/mol. The molecule has 1 rings (SSSR count). The summed E-state index contributed by atoms with van der Waals surface area (Å²) in [5, 5.41) is 9.07. The Bertz CT molecular complexity index is 442. The molecule has 1 aromatic rings. The first-order valence-corrected chi connectivity index (χ1v) is 4.30. The van der Waals surface area contributed by atoms with Gasteiger partial charge in [0, 0.05) is 12.1 Å². The van der Waals surface area contributed by atoms with Crippen molar-refractivity contribution in [3.63, 3.8) is 0 Å². The molecule has 0 atom stereocenters. The van der Waals surface area contributed by atoms with Gasteiger partial charge in [0.2, 0.25) is 0 Å². The number of ether oxygens (including phenoxy) is 1. The minimum absolute atomic E-state index is 0.211. The summed E-state index contributed by atoms with van der Waals surface area (Å²) in [5.41, 5.74) is 2.23. The summed E-state index contributed by atoms with van der Waals surface area (Å²) in [7, 11) is 0. The van der Waals surface area contributed by atoms with Crippen LogP contribution in [-0.4, -0.2) is 16.5 Å². The first kappa shape index (κ1) is 14.4. The summed E-state index contributed by atoms with van der Waals surface area (Å²) in [6.45, 7) is -0.929. The Morgan fingerprint density at radius 2 is 1.78 bits per heavy atom. The molecule has 0 radical (unpaired) electrons. The standard InChI is InChI=1S/C8H6F6N2O2/c9-7(10,11)6-3(1-15)5(4(17)2-16-6)18-8(12,13)14/h2,17H,1,15H2. The lowest BCUT2D eigenvalue weighted by atomic mass is 10.1. The van der Waals surface area contributed by atoms with E-state index in [1.54, 1.807) is 0 Å². The van der Waals surface area contributed by atoms with Crippen LogP contribution in [0.1, 0.15) is 11.3 Å². The quantitative estimate of drug-likeness (QED) is 0.812. The topological polar surface area (TPSA) is 68.4 Å². The zero-order valence-electron chi connectivity index (χ0n) is 8.43. The number of halogens is 6. The number of rotatable bonds is 2. The van der Waals surface area contributed by atoms with Gasteiger partial charge in [0.05, 0.1) is 6.20 Å². The van der Waals surface area contributed by atoms with Gasteiger partial charge < -0.3 is 15.6 Å². The van der Waals surface area contributed by atoms with Gasteiger partial charge in [0.1, 0.15) is 0 Å². The van der Waals surface area contributed by atoms with E-state index in [2.05, 4.69) is 9.72 Å². The number of hydrogen-bond donors (Lipinski definition) is 2. The Labute approximate surface area is 96.0 Å². The van der Waals surface area contributed by atoms with Crippen LogP contribution in [0.25, 0.3) is 0 Å². The fourth-order valence-corrected chi connectivity index (χ4v) is 1.19. The number of alkyl halides is 6. The molecule has 3 N–H and O–H groups in total. The lowest BCUT2D eigenvalue weighted by Gasteiger charge is -2.17. The van der Waals surface area contributed by atoms with Crippen molar-refractivity contribution in [3.05, 3.63) is 17.5 Å². The van der Waals surface area contributed by atoms with E-state index in [-0.39, 0.29) is 6.20 Å². The van der Waals surface area contributed by atoms with E-state index in [1.807, 2.05) is 0 Å². The van der Waals surface area contributed by atoms with Crippen LogP contribution in [0, 0.1) is 0 Å². The molecule has 0 saturated heterocycles. The Morgan fingerprint density at radius 1 is 1.22 bits per heavy atom. The Morgan fingerprint density at radius 3 is 2.17 bits per heavy atom. The smallest absolute Gasteiger partial charge is 0.503 e. The zero-order chi connectivity index (χ0) is 14.1. The van der Waals surface area contributed by atoms with E-state index < -0.39 is 41.8 Å². The average molecular weight is 276 g/mol. The normalized spacial score (nSPS) is 12.6. The highest BCUT2D eigenvalue weighted by atomic mass is 19.4. The van der Waals surface area contributed by atoms with Crippen LogP contribution >= 0.6 is 0 Å².